The van der Waals surface area contributed by atoms with Crippen LogP contribution in [-0.4, -0.2) is 16.7 Å². The van der Waals surface area contributed by atoms with Gasteiger partial charge in [0.25, 0.3) is 0 Å². The van der Waals surface area contributed by atoms with Gasteiger partial charge in [-0.1, -0.05) is 32.9 Å². The maximum absolute atomic E-state index is 6.06. The van der Waals surface area contributed by atoms with Gasteiger partial charge in [0.15, 0.2) is 0 Å². The van der Waals surface area contributed by atoms with Gasteiger partial charge in [-0.2, -0.15) is 4.98 Å². The summed E-state index contributed by atoms with van der Waals surface area (Å²) in [4.78, 5) is 4.34. The second-order valence-electron chi connectivity index (χ2n) is 5.19. The van der Waals surface area contributed by atoms with Crippen LogP contribution in [0, 0.1) is 5.41 Å². The summed E-state index contributed by atoms with van der Waals surface area (Å²) in [6.07, 6.45) is 0.710. The molecule has 0 radical (unpaired) electrons. The Kier molecular flexibility index (Phi) is 4.65. The van der Waals surface area contributed by atoms with Crippen molar-refractivity contribution >= 4 is 0 Å². The third-order valence-corrected chi connectivity index (χ3v) is 2.68. The third-order valence-electron chi connectivity index (χ3n) is 2.68. The molecule has 1 aromatic heterocycles. The van der Waals surface area contributed by atoms with E-state index in [9.17, 15) is 0 Å². The molecule has 0 fully saturated rings. The van der Waals surface area contributed by atoms with Crippen molar-refractivity contribution in [2.75, 3.05) is 6.61 Å². The van der Waals surface area contributed by atoms with Crippen LogP contribution in [-0.2, 0) is 4.74 Å². The predicted molar refractivity (Wildman–Crippen MR) is 65.3 cm³/mol. The summed E-state index contributed by atoms with van der Waals surface area (Å²) in [6, 6.07) is -0.261. The van der Waals surface area contributed by atoms with Crippen LogP contribution in [0.25, 0.3) is 0 Å². The molecular weight excluding hydrogens is 218 g/mol. The molecule has 0 aromatic carbocycles. The Morgan fingerprint density at radius 1 is 1.35 bits per heavy atom. The molecule has 0 amide bonds. The molecule has 5 nitrogen and oxygen atoms in total. The molecule has 0 aliphatic rings. The molecule has 0 saturated carbocycles. The number of nitrogens with zero attached hydrogens (tertiary/aromatic N) is 2. The molecule has 1 heterocycles. The highest BCUT2D eigenvalue weighted by Gasteiger charge is 2.28. The minimum Gasteiger partial charge on any atom is -0.370 e. The van der Waals surface area contributed by atoms with E-state index in [1.165, 1.54) is 0 Å². The first-order valence-corrected chi connectivity index (χ1v) is 6.10. The summed E-state index contributed by atoms with van der Waals surface area (Å²) in [7, 11) is 0. The summed E-state index contributed by atoms with van der Waals surface area (Å²) >= 11 is 0. The zero-order valence-corrected chi connectivity index (χ0v) is 11.4. The van der Waals surface area contributed by atoms with Gasteiger partial charge in [-0.3, -0.25) is 0 Å². The van der Waals surface area contributed by atoms with Gasteiger partial charge in [0.2, 0.25) is 11.7 Å². The highest BCUT2D eigenvalue weighted by atomic mass is 16.5. The number of rotatable bonds is 5. The van der Waals surface area contributed by atoms with Crippen molar-refractivity contribution < 1.29 is 9.26 Å². The fraction of sp³-hybridized carbons (Fsp3) is 0.833. The molecule has 0 bridgehead atoms. The number of ether oxygens (including phenoxy) is 1. The first kappa shape index (κ1) is 14.1. The van der Waals surface area contributed by atoms with Gasteiger partial charge in [0, 0.05) is 6.61 Å². The summed E-state index contributed by atoms with van der Waals surface area (Å²) in [5.74, 6) is 1.06. The van der Waals surface area contributed by atoms with E-state index in [4.69, 9.17) is 15.0 Å². The average Bonchev–Trinajstić information content (AvgIpc) is 2.72. The predicted octanol–water partition coefficient (Wildman–Crippen LogP) is 2.60. The Morgan fingerprint density at radius 3 is 2.47 bits per heavy atom. The molecule has 1 rings (SSSR count). The largest absolute Gasteiger partial charge is 0.370 e. The molecular formula is C12H23N3O2. The Morgan fingerprint density at radius 2 is 2.00 bits per heavy atom. The lowest BCUT2D eigenvalue weighted by molar-refractivity contribution is 0.0518. The zero-order valence-electron chi connectivity index (χ0n) is 11.4. The molecule has 0 spiro atoms. The van der Waals surface area contributed by atoms with Crippen molar-refractivity contribution in [3.05, 3.63) is 11.7 Å². The van der Waals surface area contributed by atoms with E-state index in [1.54, 1.807) is 0 Å². The standard InChI is InChI=1S/C12H23N3O2/c1-6-8(16-7-2)10-14-11(17-15-10)9(13)12(3,4)5/h8-9H,6-7,13H2,1-5H3/t8?,9-/m1/s1. The van der Waals surface area contributed by atoms with Crippen LogP contribution in [0.2, 0.25) is 0 Å². The van der Waals surface area contributed by atoms with Crippen LogP contribution >= 0.6 is 0 Å². The summed E-state index contributed by atoms with van der Waals surface area (Å²) < 4.78 is 10.7. The fourth-order valence-electron chi connectivity index (χ4n) is 1.45. The Labute approximate surface area is 103 Å². The second kappa shape index (κ2) is 5.60. The van der Waals surface area contributed by atoms with Crippen LogP contribution in [0.4, 0.5) is 0 Å². The Balaban J connectivity index is 2.83. The highest BCUT2D eigenvalue weighted by Crippen LogP contribution is 2.30. The number of nitrogens with two attached hydrogens (primary N) is 1. The van der Waals surface area contributed by atoms with Gasteiger partial charge < -0.3 is 15.0 Å². The number of hydrogen-bond acceptors (Lipinski definition) is 5. The van der Waals surface area contributed by atoms with E-state index in [0.717, 1.165) is 6.42 Å². The fourth-order valence-corrected chi connectivity index (χ4v) is 1.45. The zero-order chi connectivity index (χ0) is 13.1. The average molecular weight is 241 g/mol. The normalized spacial score (nSPS) is 15.9. The van der Waals surface area contributed by atoms with Crippen LogP contribution in [0.15, 0.2) is 4.52 Å². The van der Waals surface area contributed by atoms with Crippen molar-refractivity contribution in [1.29, 1.82) is 0 Å². The van der Waals surface area contributed by atoms with Crippen molar-refractivity contribution in [2.24, 2.45) is 11.1 Å². The van der Waals surface area contributed by atoms with Crippen molar-refractivity contribution in [3.63, 3.8) is 0 Å². The van der Waals surface area contributed by atoms with Crippen LogP contribution in [0.3, 0.4) is 0 Å². The smallest absolute Gasteiger partial charge is 0.244 e. The molecule has 17 heavy (non-hydrogen) atoms. The van der Waals surface area contributed by atoms with E-state index in [0.29, 0.717) is 18.3 Å². The third kappa shape index (κ3) is 3.51. The van der Waals surface area contributed by atoms with Gasteiger partial charge in [0.05, 0.1) is 6.04 Å². The van der Waals surface area contributed by atoms with Gasteiger partial charge in [-0.15, -0.1) is 0 Å². The molecule has 98 valence electrons. The van der Waals surface area contributed by atoms with Gasteiger partial charge in [0.1, 0.15) is 6.10 Å². The van der Waals surface area contributed by atoms with Crippen molar-refractivity contribution in [2.45, 2.75) is 53.2 Å². The minimum absolute atomic E-state index is 0.100. The molecule has 0 aliphatic carbocycles. The lowest BCUT2D eigenvalue weighted by atomic mass is 9.87. The SMILES string of the molecule is CCOC(CC)c1noc([C@@H](N)C(C)(C)C)n1. The molecule has 2 atom stereocenters. The molecule has 0 aliphatic heterocycles. The maximum Gasteiger partial charge on any atom is 0.244 e. The lowest BCUT2D eigenvalue weighted by Gasteiger charge is -2.23. The Hall–Kier alpha value is -0.940. The van der Waals surface area contributed by atoms with Crippen LogP contribution in [0.1, 0.15) is 64.9 Å². The first-order chi connectivity index (χ1) is 7.90. The second-order valence-corrected chi connectivity index (χ2v) is 5.19. The molecule has 1 aromatic rings. The van der Waals surface area contributed by atoms with Crippen molar-refractivity contribution in [1.82, 2.24) is 10.1 Å². The first-order valence-electron chi connectivity index (χ1n) is 6.10. The topological polar surface area (TPSA) is 74.2 Å². The summed E-state index contributed by atoms with van der Waals surface area (Å²) in [6.45, 7) is 10.7. The maximum atomic E-state index is 6.06. The highest BCUT2D eigenvalue weighted by molar-refractivity contribution is 4.98. The van der Waals surface area contributed by atoms with Gasteiger partial charge in [-0.25, -0.2) is 0 Å². The van der Waals surface area contributed by atoms with Crippen LogP contribution in [0.5, 0.6) is 0 Å². The van der Waals surface area contributed by atoms with Crippen LogP contribution < -0.4 is 5.73 Å². The summed E-state index contributed by atoms with van der Waals surface area (Å²) in [5, 5.41) is 3.95. The molecule has 0 saturated heterocycles. The van der Waals surface area contributed by atoms with Crippen molar-refractivity contribution in [3.8, 4) is 0 Å². The molecule has 5 heteroatoms. The molecule has 1 unspecified atom stereocenters. The van der Waals surface area contributed by atoms with Gasteiger partial charge in [-0.05, 0) is 18.8 Å². The van der Waals surface area contributed by atoms with E-state index in [1.807, 2.05) is 34.6 Å². The summed E-state index contributed by atoms with van der Waals surface area (Å²) in [5.41, 5.74) is 5.96. The molecule has 2 N–H and O–H groups in total. The van der Waals surface area contributed by atoms with E-state index >= 15 is 0 Å². The number of hydrogen-bond donors (Lipinski definition) is 1. The Bertz CT molecular complexity index is 344. The van der Waals surface area contributed by atoms with E-state index in [-0.39, 0.29) is 17.6 Å². The van der Waals surface area contributed by atoms with E-state index < -0.39 is 0 Å². The van der Waals surface area contributed by atoms with E-state index in [2.05, 4.69) is 10.1 Å². The number of aromatic nitrogens is 2. The minimum atomic E-state index is -0.261. The van der Waals surface area contributed by atoms with Gasteiger partial charge >= 0.3 is 0 Å². The lowest BCUT2D eigenvalue weighted by Crippen LogP contribution is -2.26. The monoisotopic (exact) mass is 241 g/mol. The quantitative estimate of drug-likeness (QED) is 0.857.